The first-order chi connectivity index (χ1) is 17.5. The molecule has 0 aromatic carbocycles. The Morgan fingerprint density at radius 2 is 1.70 bits per heavy atom. The lowest BCUT2D eigenvalue weighted by Gasteiger charge is -2.34. The fraction of sp³-hybridized carbons (Fsp3) is 0.824. The Morgan fingerprint density at radius 1 is 1.08 bits per heavy atom. The van der Waals surface area contributed by atoms with Crippen molar-refractivity contribution in [2.24, 2.45) is 41.2 Å². The lowest BCUT2D eigenvalue weighted by molar-refractivity contribution is 0.199. The van der Waals surface area contributed by atoms with Crippen LogP contribution in [0.2, 0.25) is 0 Å². The van der Waals surface area contributed by atoms with E-state index in [4.69, 9.17) is 12.3 Å². The highest BCUT2D eigenvalue weighted by Gasteiger charge is 2.29. The molecule has 1 aliphatic rings. The van der Waals surface area contributed by atoms with Gasteiger partial charge in [-0.3, -0.25) is 0 Å². The number of allylic oxidation sites excluding steroid dienone is 3. The van der Waals surface area contributed by atoms with Crippen LogP contribution in [0, 0.1) is 35.5 Å². The van der Waals surface area contributed by atoms with Crippen LogP contribution in [0.25, 0.3) is 0 Å². The third-order valence-electron chi connectivity index (χ3n) is 9.08. The van der Waals surface area contributed by atoms with Crippen LogP contribution in [0.4, 0.5) is 0 Å². The summed E-state index contributed by atoms with van der Waals surface area (Å²) < 4.78 is 0. The standard InChI is InChI=1S/C34H65N3/c1-12-15-31(16-13-2)34(21-35)33(26(6)7)19-28(10)32(25(4)5)20-29(14-3)22-36(11)23-30-17-18-37(24-30)27(8)9/h21,25,27,29-33H,6,10,12-20,22-24,35H2,1-5,7-9,11H3/b34-21-/t29?,30?,32?,33-/m1/s1. The predicted octanol–water partition coefficient (Wildman–Crippen LogP) is 8.53. The van der Waals surface area contributed by atoms with Crippen LogP contribution >= 0.6 is 0 Å². The number of rotatable bonds is 19. The van der Waals surface area contributed by atoms with E-state index in [-0.39, 0.29) is 0 Å². The molecule has 1 saturated heterocycles. The summed E-state index contributed by atoms with van der Waals surface area (Å²) in [6.07, 6.45) is 11.5. The average Bonchev–Trinajstić information content (AvgIpc) is 3.29. The summed E-state index contributed by atoms with van der Waals surface area (Å²) in [6.45, 7) is 32.7. The molecule has 0 spiro atoms. The van der Waals surface area contributed by atoms with Crippen molar-refractivity contribution in [2.75, 3.05) is 33.2 Å². The van der Waals surface area contributed by atoms with Gasteiger partial charge in [0, 0.05) is 31.6 Å². The molecule has 0 aromatic rings. The second-order valence-electron chi connectivity index (χ2n) is 13.0. The fourth-order valence-corrected chi connectivity index (χ4v) is 6.78. The highest BCUT2D eigenvalue weighted by Crippen LogP contribution is 2.39. The molecule has 0 bridgehead atoms. The van der Waals surface area contributed by atoms with Crippen molar-refractivity contribution in [3.05, 3.63) is 36.1 Å². The van der Waals surface area contributed by atoms with Gasteiger partial charge in [0.1, 0.15) is 0 Å². The monoisotopic (exact) mass is 516 g/mol. The predicted molar refractivity (Wildman–Crippen MR) is 167 cm³/mol. The van der Waals surface area contributed by atoms with Gasteiger partial charge in [-0.15, -0.1) is 0 Å². The SMILES string of the molecule is C=C(C[C@H](C(=C)C)/C(=C\N)C(CCC)CCC)C(CC(CC)CN(C)CC1CCN(C(C)C)C1)C(C)C. The molecule has 3 unspecified atom stereocenters. The lowest BCUT2D eigenvalue weighted by Crippen LogP contribution is -2.34. The molecule has 0 aromatic heterocycles. The van der Waals surface area contributed by atoms with Gasteiger partial charge in [-0.1, -0.05) is 78.2 Å². The maximum atomic E-state index is 6.29. The van der Waals surface area contributed by atoms with E-state index >= 15 is 0 Å². The quantitative estimate of drug-likeness (QED) is 0.175. The van der Waals surface area contributed by atoms with Gasteiger partial charge in [0.2, 0.25) is 0 Å². The second-order valence-corrected chi connectivity index (χ2v) is 13.0. The van der Waals surface area contributed by atoms with Crippen molar-refractivity contribution in [3.8, 4) is 0 Å². The topological polar surface area (TPSA) is 32.5 Å². The smallest absolute Gasteiger partial charge is 0.00586 e. The molecule has 1 rings (SSSR count). The molecule has 216 valence electrons. The van der Waals surface area contributed by atoms with E-state index in [1.165, 1.54) is 87.8 Å². The average molecular weight is 516 g/mol. The molecule has 2 N–H and O–H groups in total. The van der Waals surface area contributed by atoms with Gasteiger partial charge in [-0.25, -0.2) is 0 Å². The van der Waals surface area contributed by atoms with Crippen LogP contribution in [0.15, 0.2) is 36.1 Å². The van der Waals surface area contributed by atoms with Crippen molar-refractivity contribution >= 4 is 0 Å². The van der Waals surface area contributed by atoms with Crippen LogP contribution in [0.5, 0.6) is 0 Å². The van der Waals surface area contributed by atoms with E-state index in [0.717, 1.165) is 12.3 Å². The molecule has 0 amide bonds. The third-order valence-corrected chi connectivity index (χ3v) is 9.08. The molecule has 37 heavy (non-hydrogen) atoms. The fourth-order valence-electron chi connectivity index (χ4n) is 6.78. The lowest BCUT2D eigenvalue weighted by atomic mass is 9.73. The van der Waals surface area contributed by atoms with Crippen molar-refractivity contribution in [1.82, 2.24) is 9.80 Å². The first kappa shape index (κ1) is 34.0. The molecule has 3 nitrogen and oxygen atoms in total. The van der Waals surface area contributed by atoms with E-state index in [2.05, 4.69) is 78.8 Å². The Morgan fingerprint density at radius 3 is 2.14 bits per heavy atom. The van der Waals surface area contributed by atoms with Gasteiger partial charge in [0.05, 0.1) is 0 Å². The first-order valence-electron chi connectivity index (χ1n) is 15.7. The summed E-state index contributed by atoms with van der Waals surface area (Å²) in [5, 5.41) is 0. The molecule has 0 radical (unpaired) electrons. The number of hydrogen-bond acceptors (Lipinski definition) is 3. The van der Waals surface area contributed by atoms with Gasteiger partial charge in [0.25, 0.3) is 0 Å². The summed E-state index contributed by atoms with van der Waals surface area (Å²) in [5.74, 6) is 3.54. The summed E-state index contributed by atoms with van der Waals surface area (Å²) in [7, 11) is 2.34. The van der Waals surface area contributed by atoms with E-state index in [1.807, 2.05) is 6.20 Å². The Bertz CT molecular complexity index is 685. The number of hydrogen-bond donors (Lipinski definition) is 1. The molecular formula is C34H65N3. The Labute approximate surface area is 233 Å². The van der Waals surface area contributed by atoms with Crippen LogP contribution in [0.1, 0.15) is 107 Å². The molecular weight excluding hydrogens is 450 g/mol. The largest absolute Gasteiger partial charge is 0.405 e. The molecule has 1 aliphatic heterocycles. The molecule has 0 saturated carbocycles. The Hall–Kier alpha value is -1.06. The van der Waals surface area contributed by atoms with Gasteiger partial charge in [-0.05, 0) is 108 Å². The Balaban J connectivity index is 2.87. The normalized spacial score (nSPS) is 19.8. The van der Waals surface area contributed by atoms with E-state index in [9.17, 15) is 0 Å². The zero-order valence-electron chi connectivity index (χ0n) is 26.5. The molecule has 3 heteroatoms. The summed E-state index contributed by atoms with van der Waals surface area (Å²) in [6, 6.07) is 0.674. The van der Waals surface area contributed by atoms with Crippen molar-refractivity contribution in [2.45, 2.75) is 113 Å². The minimum Gasteiger partial charge on any atom is -0.405 e. The minimum atomic E-state index is 0.316. The minimum absolute atomic E-state index is 0.316. The first-order valence-corrected chi connectivity index (χ1v) is 15.7. The van der Waals surface area contributed by atoms with E-state index in [0.29, 0.717) is 35.6 Å². The third kappa shape index (κ3) is 11.3. The van der Waals surface area contributed by atoms with Crippen LogP contribution < -0.4 is 5.73 Å². The zero-order chi connectivity index (χ0) is 28.1. The van der Waals surface area contributed by atoms with Gasteiger partial charge in [-0.2, -0.15) is 0 Å². The highest BCUT2D eigenvalue weighted by atomic mass is 15.2. The van der Waals surface area contributed by atoms with Crippen molar-refractivity contribution in [1.29, 1.82) is 0 Å². The summed E-state index contributed by atoms with van der Waals surface area (Å²) in [4.78, 5) is 5.26. The van der Waals surface area contributed by atoms with Crippen LogP contribution in [0.3, 0.4) is 0 Å². The number of nitrogens with zero attached hydrogens (tertiary/aromatic N) is 2. The van der Waals surface area contributed by atoms with E-state index < -0.39 is 0 Å². The molecule has 1 fully saturated rings. The Kier molecular flexibility index (Phi) is 16.1. The van der Waals surface area contributed by atoms with Gasteiger partial charge in [0.15, 0.2) is 0 Å². The van der Waals surface area contributed by atoms with E-state index in [1.54, 1.807) is 0 Å². The van der Waals surface area contributed by atoms with Crippen LogP contribution in [-0.2, 0) is 0 Å². The molecule has 4 atom stereocenters. The van der Waals surface area contributed by atoms with Crippen molar-refractivity contribution in [3.63, 3.8) is 0 Å². The van der Waals surface area contributed by atoms with Crippen LogP contribution in [-0.4, -0.2) is 49.1 Å². The summed E-state index contributed by atoms with van der Waals surface area (Å²) >= 11 is 0. The maximum Gasteiger partial charge on any atom is 0.00586 e. The molecule has 0 aliphatic carbocycles. The van der Waals surface area contributed by atoms with Gasteiger partial charge < -0.3 is 15.5 Å². The number of likely N-dealkylation sites (tertiary alicyclic amines) is 1. The summed E-state index contributed by atoms with van der Waals surface area (Å²) in [5.41, 5.74) is 10.3. The van der Waals surface area contributed by atoms with Gasteiger partial charge >= 0.3 is 0 Å². The molecule has 1 heterocycles. The van der Waals surface area contributed by atoms with Crippen molar-refractivity contribution < 1.29 is 0 Å². The zero-order valence-corrected chi connectivity index (χ0v) is 26.5. The highest BCUT2D eigenvalue weighted by molar-refractivity contribution is 5.24. The maximum absolute atomic E-state index is 6.29. The second kappa shape index (κ2) is 17.5. The number of nitrogens with two attached hydrogens (primary N) is 1.